The zero-order valence-corrected chi connectivity index (χ0v) is 14.0. The van der Waals surface area contributed by atoms with Crippen LogP contribution in [-0.2, 0) is 0 Å². The second-order valence-corrected chi connectivity index (χ2v) is 5.89. The highest BCUT2D eigenvalue weighted by molar-refractivity contribution is 6.34. The Balaban J connectivity index is 1.99. The van der Waals surface area contributed by atoms with E-state index in [1.54, 1.807) is 13.2 Å². The molecule has 3 aromatic heterocycles. The predicted molar refractivity (Wildman–Crippen MR) is 97.4 cm³/mol. The highest BCUT2D eigenvalue weighted by Crippen LogP contribution is 2.33. The Morgan fingerprint density at radius 2 is 1.92 bits per heavy atom. The number of rotatable bonds is 2. The van der Waals surface area contributed by atoms with E-state index in [0.717, 1.165) is 33.0 Å². The summed E-state index contributed by atoms with van der Waals surface area (Å²) in [6.07, 6.45) is 5.36. The first-order valence-electron chi connectivity index (χ1n) is 7.52. The molecule has 0 atom stereocenters. The van der Waals surface area contributed by atoms with Gasteiger partial charge in [-0.15, -0.1) is 0 Å². The molecule has 6 heteroatoms. The minimum absolute atomic E-state index is 0.413. The van der Waals surface area contributed by atoms with Gasteiger partial charge in [0.25, 0.3) is 0 Å². The van der Waals surface area contributed by atoms with Gasteiger partial charge in [0, 0.05) is 36.4 Å². The van der Waals surface area contributed by atoms with E-state index in [-0.39, 0.29) is 0 Å². The summed E-state index contributed by atoms with van der Waals surface area (Å²) in [4.78, 5) is 17.3. The third-order valence-corrected chi connectivity index (χ3v) is 4.30. The molecule has 0 spiro atoms. The molecular weight excluding hydrogens is 322 g/mol. The maximum absolute atomic E-state index is 6.20. The molecule has 0 aliphatic carbocycles. The topological polar surface area (TPSA) is 63.6 Å². The largest absolute Gasteiger partial charge is 0.357 e. The quantitative estimate of drug-likeness (QED) is 0.555. The van der Waals surface area contributed by atoms with Gasteiger partial charge in [-0.2, -0.15) is 0 Å². The fourth-order valence-corrected chi connectivity index (χ4v) is 3.09. The molecule has 0 fully saturated rings. The average Bonchev–Trinajstić information content (AvgIpc) is 2.61. The molecule has 118 valence electrons. The zero-order valence-electron chi connectivity index (χ0n) is 13.2. The van der Waals surface area contributed by atoms with Crippen LogP contribution in [0, 0.1) is 6.92 Å². The fourth-order valence-electron chi connectivity index (χ4n) is 2.88. The third kappa shape index (κ3) is 2.34. The minimum atomic E-state index is 0.413. The standard InChI is InChI=1S/C18H14ClN5/c1-10-8-22-16-13(5-6-21-17(16)19)15(10)11-3-4-14-12(7-11)9-23-18(20-2)24-14/h3-9H,1-2H3,(H,20,23,24). The summed E-state index contributed by atoms with van der Waals surface area (Å²) in [6.45, 7) is 2.04. The Morgan fingerprint density at radius 3 is 2.75 bits per heavy atom. The number of benzene rings is 1. The van der Waals surface area contributed by atoms with Crippen molar-refractivity contribution in [1.82, 2.24) is 19.9 Å². The number of nitrogens with zero attached hydrogens (tertiary/aromatic N) is 4. The van der Waals surface area contributed by atoms with Crippen LogP contribution in [0.1, 0.15) is 5.56 Å². The van der Waals surface area contributed by atoms with Crippen molar-refractivity contribution >= 4 is 39.4 Å². The first-order chi connectivity index (χ1) is 11.7. The molecule has 4 aromatic rings. The van der Waals surface area contributed by atoms with E-state index in [1.165, 1.54) is 0 Å². The number of hydrogen-bond acceptors (Lipinski definition) is 5. The molecule has 4 rings (SSSR count). The van der Waals surface area contributed by atoms with E-state index < -0.39 is 0 Å². The van der Waals surface area contributed by atoms with E-state index in [1.807, 2.05) is 31.5 Å². The van der Waals surface area contributed by atoms with Crippen LogP contribution in [-0.4, -0.2) is 27.0 Å². The summed E-state index contributed by atoms with van der Waals surface area (Å²) in [6, 6.07) is 8.10. The monoisotopic (exact) mass is 335 g/mol. The van der Waals surface area contributed by atoms with Crippen molar-refractivity contribution in [2.75, 3.05) is 12.4 Å². The smallest absolute Gasteiger partial charge is 0.222 e. The van der Waals surface area contributed by atoms with Crippen molar-refractivity contribution < 1.29 is 0 Å². The lowest BCUT2D eigenvalue weighted by molar-refractivity contribution is 1.19. The average molecular weight is 336 g/mol. The number of anilines is 1. The highest BCUT2D eigenvalue weighted by Gasteiger charge is 2.12. The molecule has 0 saturated heterocycles. The van der Waals surface area contributed by atoms with Crippen LogP contribution < -0.4 is 5.32 Å². The molecule has 0 unspecified atom stereocenters. The lowest BCUT2D eigenvalue weighted by Gasteiger charge is -2.11. The molecule has 0 aliphatic heterocycles. The van der Waals surface area contributed by atoms with Gasteiger partial charge in [0.05, 0.1) is 5.52 Å². The summed E-state index contributed by atoms with van der Waals surface area (Å²) in [7, 11) is 1.81. The molecule has 0 radical (unpaired) electrons. The second-order valence-electron chi connectivity index (χ2n) is 5.53. The number of aromatic nitrogens is 4. The maximum Gasteiger partial charge on any atom is 0.222 e. The summed E-state index contributed by atoms with van der Waals surface area (Å²) >= 11 is 6.20. The molecule has 24 heavy (non-hydrogen) atoms. The Hall–Kier alpha value is -2.79. The summed E-state index contributed by atoms with van der Waals surface area (Å²) < 4.78 is 0. The Labute approximate surface area is 143 Å². The van der Waals surface area contributed by atoms with Crippen molar-refractivity contribution in [2.24, 2.45) is 0 Å². The molecule has 0 aliphatic rings. The number of halogens is 1. The van der Waals surface area contributed by atoms with E-state index in [9.17, 15) is 0 Å². The predicted octanol–water partition coefficient (Wildman–Crippen LogP) is 4.24. The lowest BCUT2D eigenvalue weighted by Crippen LogP contribution is -1.96. The van der Waals surface area contributed by atoms with Gasteiger partial charge in [-0.05, 0) is 41.8 Å². The Bertz CT molecular complexity index is 1080. The van der Waals surface area contributed by atoms with Gasteiger partial charge < -0.3 is 5.32 Å². The summed E-state index contributed by atoms with van der Waals surface area (Å²) in [5, 5.41) is 5.34. The van der Waals surface area contributed by atoms with Crippen molar-refractivity contribution in [3.63, 3.8) is 0 Å². The van der Waals surface area contributed by atoms with E-state index in [0.29, 0.717) is 16.6 Å². The minimum Gasteiger partial charge on any atom is -0.357 e. The highest BCUT2D eigenvalue weighted by atomic mass is 35.5. The fraction of sp³-hybridized carbons (Fsp3) is 0.111. The second kappa shape index (κ2) is 5.69. The van der Waals surface area contributed by atoms with Crippen molar-refractivity contribution in [3.05, 3.63) is 53.6 Å². The number of hydrogen-bond donors (Lipinski definition) is 1. The van der Waals surface area contributed by atoms with Crippen LogP contribution in [0.15, 0.2) is 42.9 Å². The number of fused-ring (bicyclic) bond motifs is 2. The molecule has 0 amide bonds. The Morgan fingerprint density at radius 1 is 1.04 bits per heavy atom. The van der Waals surface area contributed by atoms with Crippen LogP contribution in [0.4, 0.5) is 5.95 Å². The van der Waals surface area contributed by atoms with Gasteiger partial charge in [-0.1, -0.05) is 17.7 Å². The van der Waals surface area contributed by atoms with E-state index in [2.05, 4.69) is 37.4 Å². The Kier molecular flexibility index (Phi) is 3.50. The van der Waals surface area contributed by atoms with Crippen LogP contribution in [0.3, 0.4) is 0 Å². The number of aryl methyl sites for hydroxylation is 1. The first-order valence-corrected chi connectivity index (χ1v) is 7.90. The lowest BCUT2D eigenvalue weighted by atomic mass is 9.97. The first kappa shape index (κ1) is 14.8. The van der Waals surface area contributed by atoms with Crippen LogP contribution >= 0.6 is 11.6 Å². The van der Waals surface area contributed by atoms with Gasteiger partial charge in [0.2, 0.25) is 5.95 Å². The third-order valence-electron chi connectivity index (χ3n) is 4.02. The summed E-state index contributed by atoms with van der Waals surface area (Å²) in [5.74, 6) is 0.610. The SMILES string of the molecule is CNc1ncc2cc(-c3c(C)cnc4c(Cl)nccc34)ccc2n1. The van der Waals surface area contributed by atoms with Gasteiger partial charge >= 0.3 is 0 Å². The normalized spacial score (nSPS) is 11.1. The molecule has 0 bridgehead atoms. The van der Waals surface area contributed by atoms with Gasteiger partial charge in [0.15, 0.2) is 5.15 Å². The van der Waals surface area contributed by atoms with Crippen LogP contribution in [0.5, 0.6) is 0 Å². The van der Waals surface area contributed by atoms with E-state index >= 15 is 0 Å². The van der Waals surface area contributed by atoms with Gasteiger partial charge in [-0.3, -0.25) is 4.98 Å². The van der Waals surface area contributed by atoms with Crippen LogP contribution in [0.25, 0.3) is 32.9 Å². The molecule has 3 heterocycles. The van der Waals surface area contributed by atoms with Crippen LogP contribution in [0.2, 0.25) is 5.15 Å². The molecule has 5 nitrogen and oxygen atoms in total. The van der Waals surface area contributed by atoms with Crippen molar-refractivity contribution in [1.29, 1.82) is 0 Å². The van der Waals surface area contributed by atoms with E-state index in [4.69, 9.17) is 11.6 Å². The maximum atomic E-state index is 6.20. The van der Waals surface area contributed by atoms with Gasteiger partial charge in [0.1, 0.15) is 5.52 Å². The molecule has 1 N–H and O–H groups in total. The zero-order chi connectivity index (χ0) is 16.7. The van der Waals surface area contributed by atoms with Crippen molar-refractivity contribution in [3.8, 4) is 11.1 Å². The van der Waals surface area contributed by atoms with Crippen molar-refractivity contribution in [2.45, 2.75) is 6.92 Å². The number of nitrogens with one attached hydrogen (secondary N) is 1. The molecular formula is C18H14ClN5. The number of pyridine rings is 2. The molecule has 0 saturated carbocycles. The van der Waals surface area contributed by atoms with Gasteiger partial charge in [-0.25, -0.2) is 15.0 Å². The molecule has 1 aromatic carbocycles. The summed E-state index contributed by atoms with van der Waals surface area (Å²) in [5.41, 5.74) is 4.87.